The van der Waals surface area contributed by atoms with E-state index in [0.717, 1.165) is 36.8 Å². The van der Waals surface area contributed by atoms with Crippen molar-refractivity contribution >= 4 is 35.6 Å². The van der Waals surface area contributed by atoms with Crippen molar-refractivity contribution in [3.05, 3.63) is 71.8 Å². The van der Waals surface area contributed by atoms with E-state index in [1.165, 1.54) is 25.7 Å². The minimum atomic E-state index is -0.248. The number of ether oxygens (including phenoxy) is 4. The molecular formula is C38H46N4O6. The first-order valence-corrected chi connectivity index (χ1v) is 17.0. The first-order chi connectivity index (χ1) is 23.4. The Morgan fingerprint density at radius 2 is 1.04 bits per heavy atom. The maximum Gasteiger partial charge on any atom is 0.257 e. The molecule has 4 aliphatic rings. The van der Waals surface area contributed by atoms with Crippen molar-refractivity contribution in [1.82, 2.24) is 9.80 Å². The Hall–Kier alpha value is -4.28. The quantitative estimate of drug-likeness (QED) is 0.161. The number of carbonyl (C=O) groups excluding carboxylic acids is 2. The minimum Gasteiger partial charge on any atom is -0.497 e. The van der Waals surface area contributed by atoms with Gasteiger partial charge < -0.3 is 28.7 Å². The van der Waals surface area contributed by atoms with Crippen LogP contribution in [0.25, 0.3) is 0 Å². The molecule has 6 rings (SSSR count). The van der Waals surface area contributed by atoms with Crippen LogP contribution in [-0.2, 0) is 9.47 Å². The number of rotatable bonds is 15. The average molecular weight is 655 g/mol. The molecule has 0 saturated carbocycles. The highest BCUT2D eigenvalue weighted by atomic mass is 16.5. The number of aliphatic imine (C=N–C) groups is 2. The molecule has 0 aliphatic carbocycles. The van der Waals surface area contributed by atoms with Gasteiger partial charge in [0.25, 0.3) is 11.8 Å². The van der Waals surface area contributed by atoms with Crippen LogP contribution in [0.3, 0.4) is 0 Å². The van der Waals surface area contributed by atoms with Gasteiger partial charge in [-0.15, -0.1) is 0 Å². The number of unbranched alkanes of at least 4 members (excludes halogenated alkanes) is 7. The molecule has 0 aromatic heterocycles. The standard InChI is InChI=1S/C38H46N4O6/c1-25-23-41-33(21-39-31-15-13-27(45-3)19-29(31)37(41)43)35(25)47-17-11-9-7-5-6-8-10-12-18-48-36-26(2)24-42-34(36)22-40-32-16-14-28(46-4)20-30(32)38(42)44/h13-16,19-22,33-36H,1-2,5-12,17-18,23-24H2,3-4H3/t33-,34-,35?,36?/m1/s1. The van der Waals surface area contributed by atoms with Crippen LogP contribution in [0.4, 0.5) is 11.4 Å². The molecule has 0 N–H and O–H groups in total. The van der Waals surface area contributed by atoms with Crippen LogP contribution in [0.15, 0.2) is 70.7 Å². The fourth-order valence-electron chi connectivity index (χ4n) is 6.96. The zero-order chi connectivity index (χ0) is 33.6. The lowest BCUT2D eigenvalue weighted by Crippen LogP contribution is -2.40. The molecular weight excluding hydrogens is 608 g/mol. The third kappa shape index (κ3) is 7.10. The van der Waals surface area contributed by atoms with Crippen molar-refractivity contribution in [2.45, 2.75) is 75.7 Å². The summed E-state index contributed by atoms with van der Waals surface area (Å²) >= 11 is 0. The topological polar surface area (TPSA) is 102 Å². The van der Waals surface area contributed by atoms with Crippen LogP contribution in [0.1, 0.15) is 72.1 Å². The van der Waals surface area contributed by atoms with E-state index in [9.17, 15) is 9.59 Å². The summed E-state index contributed by atoms with van der Waals surface area (Å²) in [7, 11) is 3.18. The highest BCUT2D eigenvalue weighted by Gasteiger charge is 2.43. The molecule has 4 aliphatic heterocycles. The van der Waals surface area contributed by atoms with E-state index >= 15 is 0 Å². The lowest BCUT2D eigenvalue weighted by atomic mass is 10.1. The van der Waals surface area contributed by atoms with Crippen molar-refractivity contribution in [1.29, 1.82) is 0 Å². The van der Waals surface area contributed by atoms with E-state index < -0.39 is 0 Å². The van der Waals surface area contributed by atoms with Crippen LogP contribution in [0.2, 0.25) is 0 Å². The molecule has 2 aromatic rings. The monoisotopic (exact) mass is 654 g/mol. The van der Waals surface area contributed by atoms with Crippen molar-refractivity contribution in [3.8, 4) is 11.5 Å². The van der Waals surface area contributed by atoms with Crippen LogP contribution in [0.5, 0.6) is 11.5 Å². The first kappa shape index (κ1) is 33.6. The third-order valence-electron chi connectivity index (χ3n) is 9.65. The molecule has 10 nitrogen and oxygen atoms in total. The number of benzene rings is 2. The second-order valence-electron chi connectivity index (χ2n) is 12.9. The maximum absolute atomic E-state index is 13.3. The average Bonchev–Trinajstić information content (AvgIpc) is 3.50. The van der Waals surface area contributed by atoms with Gasteiger partial charge in [-0.2, -0.15) is 0 Å². The summed E-state index contributed by atoms with van der Waals surface area (Å²) < 4.78 is 23.1. The number of nitrogens with zero attached hydrogens (tertiary/aromatic N) is 4. The summed E-state index contributed by atoms with van der Waals surface area (Å²) in [4.78, 5) is 39.4. The Labute approximate surface area is 283 Å². The van der Waals surface area contributed by atoms with Gasteiger partial charge in [0.1, 0.15) is 23.7 Å². The first-order valence-electron chi connectivity index (χ1n) is 17.0. The van der Waals surface area contributed by atoms with Crippen molar-refractivity contribution in [2.75, 3.05) is 40.5 Å². The highest BCUT2D eigenvalue weighted by molar-refractivity contribution is 6.04. The normalized spacial score (nSPS) is 22.7. The van der Waals surface area contributed by atoms with Crippen LogP contribution in [0, 0.1) is 0 Å². The number of amides is 2. The van der Waals surface area contributed by atoms with E-state index in [-0.39, 0.29) is 36.1 Å². The smallest absolute Gasteiger partial charge is 0.257 e. The molecule has 4 atom stereocenters. The van der Waals surface area contributed by atoms with Gasteiger partial charge >= 0.3 is 0 Å². The molecule has 2 fully saturated rings. The van der Waals surface area contributed by atoms with Crippen molar-refractivity contribution < 1.29 is 28.5 Å². The Balaban J connectivity index is 0.841. The fraction of sp³-hybridized carbons (Fsp3) is 0.474. The summed E-state index contributed by atoms with van der Waals surface area (Å²) in [6.07, 6.45) is 12.0. The molecule has 2 aromatic carbocycles. The van der Waals surface area contributed by atoms with Gasteiger partial charge in [-0.25, -0.2) is 0 Å². The molecule has 2 unspecified atom stereocenters. The third-order valence-corrected chi connectivity index (χ3v) is 9.65. The van der Waals surface area contributed by atoms with Crippen LogP contribution < -0.4 is 9.47 Å². The van der Waals surface area contributed by atoms with Gasteiger partial charge in [0.05, 0.1) is 48.8 Å². The second-order valence-corrected chi connectivity index (χ2v) is 12.9. The van der Waals surface area contributed by atoms with Gasteiger partial charge in [-0.1, -0.05) is 51.7 Å². The predicted molar refractivity (Wildman–Crippen MR) is 187 cm³/mol. The number of carbonyl (C=O) groups is 2. The SMILES string of the molecule is C=C1CN2C(=O)c3cc(OC)ccc3N=C[C@@H]2C1OCCCCCCCCCCOC1C(=C)CN2C(=O)c3cc(OC)ccc3N=C[C@H]12. The van der Waals surface area contributed by atoms with Gasteiger partial charge in [0, 0.05) is 38.7 Å². The van der Waals surface area contributed by atoms with Crippen molar-refractivity contribution in [2.24, 2.45) is 9.98 Å². The summed E-state index contributed by atoms with van der Waals surface area (Å²) in [5.74, 6) is 1.13. The molecule has 48 heavy (non-hydrogen) atoms. The van der Waals surface area contributed by atoms with E-state index in [0.29, 0.717) is 60.3 Å². The summed E-state index contributed by atoms with van der Waals surface area (Å²) in [5, 5.41) is 0. The molecule has 254 valence electrons. The Morgan fingerprint density at radius 3 is 1.44 bits per heavy atom. The summed E-state index contributed by atoms with van der Waals surface area (Å²) in [6, 6.07) is 10.3. The van der Waals surface area contributed by atoms with Crippen LogP contribution in [-0.4, -0.2) is 98.9 Å². The largest absolute Gasteiger partial charge is 0.497 e. The molecule has 0 radical (unpaired) electrons. The zero-order valence-electron chi connectivity index (χ0n) is 28.1. The van der Waals surface area contributed by atoms with E-state index in [2.05, 4.69) is 23.1 Å². The summed E-state index contributed by atoms with van der Waals surface area (Å²) in [6.45, 7) is 10.6. The van der Waals surface area contributed by atoms with E-state index in [4.69, 9.17) is 18.9 Å². The number of hydrogen-bond acceptors (Lipinski definition) is 8. The Bertz CT molecular complexity index is 1480. The molecule has 0 spiro atoms. The zero-order valence-corrected chi connectivity index (χ0v) is 28.1. The Kier molecular flexibility index (Phi) is 10.7. The highest BCUT2D eigenvalue weighted by Crippen LogP contribution is 2.35. The van der Waals surface area contributed by atoms with E-state index in [1.807, 2.05) is 36.7 Å². The molecule has 0 bridgehead atoms. The molecule has 4 heterocycles. The second kappa shape index (κ2) is 15.3. The van der Waals surface area contributed by atoms with E-state index in [1.54, 1.807) is 36.2 Å². The number of hydrogen-bond donors (Lipinski definition) is 0. The van der Waals surface area contributed by atoms with Gasteiger partial charge in [-0.3, -0.25) is 19.6 Å². The van der Waals surface area contributed by atoms with Gasteiger partial charge in [-0.05, 0) is 60.4 Å². The van der Waals surface area contributed by atoms with Gasteiger partial charge in [0.15, 0.2) is 0 Å². The predicted octanol–water partition coefficient (Wildman–Crippen LogP) is 6.49. The fourth-order valence-corrected chi connectivity index (χ4v) is 6.96. The molecule has 10 heteroatoms. The van der Waals surface area contributed by atoms with Crippen molar-refractivity contribution in [3.63, 3.8) is 0 Å². The minimum absolute atomic E-state index is 0.0700. The van der Waals surface area contributed by atoms with Crippen LogP contribution >= 0.6 is 0 Å². The molecule has 2 amide bonds. The lowest BCUT2D eigenvalue weighted by Gasteiger charge is -2.23. The van der Waals surface area contributed by atoms with Gasteiger partial charge in [0.2, 0.25) is 0 Å². The Morgan fingerprint density at radius 1 is 0.646 bits per heavy atom. The summed E-state index contributed by atoms with van der Waals surface area (Å²) in [5.41, 5.74) is 4.21. The lowest BCUT2D eigenvalue weighted by molar-refractivity contribution is 0.0507. The maximum atomic E-state index is 13.3. The molecule has 2 saturated heterocycles. The number of fused-ring (bicyclic) bond motifs is 4. The number of methoxy groups -OCH3 is 2.